The van der Waals surface area contributed by atoms with E-state index in [0.29, 0.717) is 0 Å². The second-order valence-electron chi connectivity index (χ2n) is 3.47. The van der Waals surface area contributed by atoms with Gasteiger partial charge in [0.25, 0.3) is 0 Å². The molecule has 0 atom stereocenters. The first-order chi connectivity index (χ1) is 5.86. The molecule has 0 aromatic heterocycles. The highest BCUT2D eigenvalue weighted by molar-refractivity contribution is 5.47. The second-order valence-corrected chi connectivity index (χ2v) is 3.47. The molecule has 1 heterocycles. The lowest BCUT2D eigenvalue weighted by molar-refractivity contribution is 0.726. The number of aryl methyl sites for hydroxylation is 2. The zero-order chi connectivity index (χ0) is 8.39. The zero-order valence-electron chi connectivity index (χ0n) is 7.51. The molecular formula is C11H14N. The molecule has 1 radical (unpaired) electrons. The van der Waals surface area contributed by atoms with Gasteiger partial charge in [-0.2, -0.15) is 0 Å². The third-order valence-corrected chi connectivity index (χ3v) is 2.37. The first kappa shape index (κ1) is 7.66. The minimum atomic E-state index is 1.01. The Morgan fingerprint density at radius 1 is 1.25 bits per heavy atom. The van der Waals surface area contributed by atoms with Crippen LogP contribution in [-0.2, 0) is 6.42 Å². The van der Waals surface area contributed by atoms with Gasteiger partial charge >= 0.3 is 0 Å². The molecule has 1 nitrogen and oxygen atoms in total. The molecule has 0 spiro atoms. The zero-order valence-corrected chi connectivity index (χ0v) is 7.51. The Balaban J connectivity index is 2.36. The molecule has 0 fully saturated rings. The maximum absolute atomic E-state index is 4.53. The third kappa shape index (κ3) is 1.45. The molecule has 1 aromatic rings. The molecule has 0 saturated heterocycles. The van der Waals surface area contributed by atoms with Crippen molar-refractivity contribution in [3.63, 3.8) is 0 Å². The molecule has 1 aliphatic heterocycles. The fraction of sp³-hybridized carbons (Fsp3) is 0.455. The van der Waals surface area contributed by atoms with Crippen LogP contribution in [-0.4, -0.2) is 6.54 Å². The normalized spacial score (nSPS) is 16.1. The average molecular weight is 160 g/mol. The number of rotatable bonds is 0. The molecule has 0 aliphatic carbocycles. The lowest BCUT2D eigenvalue weighted by Crippen LogP contribution is -1.97. The average Bonchev–Trinajstić information content (AvgIpc) is 2.28. The van der Waals surface area contributed by atoms with Crippen LogP contribution < -0.4 is 5.32 Å². The molecule has 1 aromatic carbocycles. The van der Waals surface area contributed by atoms with E-state index < -0.39 is 0 Å². The Morgan fingerprint density at radius 2 is 2.17 bits per heavy atom. The van der Waals surface area contributed by atoms with Crippen LogP contribution in [0.4, 0.5) is 5.69 Å². The first-order valence-corrected chi connectivity index (χ1v) is 4.63. The SMILES string of the molecule is Cc1ccc2c(c1)CCCC[N]2. The Morgan fingerprint density at radius 3 is 3.08 bits per heavy atom. The fourth-order valence-corrected chi connectivity index (χ4v) is 1.70. The number of fused-ring (bicyclic) bond motifs is 1. The molecular weight excluding hydrogens is 146 g/mol. The van der Waals surface area contributed by atoms with Gasteiger partial charge in [0.15, 0.2) is 0 Å². The fourth-order valence-electron chi connectivity index (χ4n) is 1.70. The molecule has 1 aliphatic rings. The summed E-state index contributed by atoms with van der Waals surface area (Å²) in [6, 6.07) is 6.56. The molecule has 63 valence electrons. The first-order valence-electron chi connectivity index (χ1n) is 4.63. The summed E-state index contributed by atoms with van der Waals surface area (Å²) in [6.45, 7) is 3.15. The molecule has 0 unspecified atom stereocenters. The van der Waals surface area contributed by atoms with Crippen molar-refractivity contribution in [1.82, 2.24) is 5.32 Å². The van der Waals surface area contributed by atoms with Crippen LogP contribution in [0.1, 0.15) is 24.0 Å². The van der Waals surface area contributed by atoms with Crippen LogP contribution in [0.2, 0.25) is 0 Å². The summed E-state index contributed by atoms with van der Waals surface area (Å²) in [5.41, 5.74) is 4.01. The van der Waals surface area contributed by atoms with E-state index in [1.807, 2.05) is 0 Å². The molecule has 2 rings (SSSR count). The van der Waals surface area contributed by atoms with Crippen LogP contribution in [0.25, 0.3) is 0 Å². The van der Waals surface area contributed by atoms with Crippen LogP contribution >= 0.6 is 0 Å². The summed E-state index contributed by atoms with van der Waals surface area (Å²) >= 11 is 0. The summed E-state index contributed by atoms with van der Waals surface area (Å²) in [6.07, 6.45) is 3.74. The van der Waals surface area contributed by atoms with Gasteiger partial charge in [0, 0.05) is 6.54 Å². The van der Waals surface area contributed by atoms with Gasteiger partial charge in [-0.25, -0.2) is 0 Å². The van der Waals surface area contributed by atoms with Crippen molar-refractivity contribution >= 4 is 5.69 Å². The number of hydrogen-bond donors (Lipinski definition) is 0. The highest BCUT2D eigenvalue weighted by Crippen LogP contribution is 2.22. The molecule has 0 saturated carbocycles. The van der Waals surface area contributed by atoms with Crippen molar-refractivity contribution in [3.8, 4) is 0 Å². The molecule has 12 heavy (non-hydrogen) atoms. The maximum atomic E-state index is 4.53. The number of nitrogens with zero attached hydrogens (tertiary/aromatic N) is 1. The Hall–Kier alpha value is -0.980. The predicted molar refractivity (Wildman–Crippen MR) is 50.8 cm³/mol. The quantitative estimate of drug-likeness (QED) is 0.554. The Bertz CT molecular complexity index is 278. The summed E-state index contributed by atoms with van der Waals surface area (Å²) in [5.74, 6) is 0. The topological polar surface area (TPSA) is 14.1 Å². The van der Waals surface area contributed by atoms with Crippen LogP contribution in [0, 0.1) is 6.92 Å². The standard InChI is InChI=1S/C11H14N/c1-9-5-6-11-10(8-9)4-2-3-7-12-11/h5-6,8H,2-4,7H2,1H3. The lowest BCUT2D eigenvalue weighted by Gasteiger charge is -2.05. The largest absolute Gasteiger partial charge is 0.285 e. The monoisotopic (exact) mass is 160 g/mol. The smallest absolute Gasteiger partial charge is 0.0606 e. The third-order valence-electron chi connectivity index (χ3n) is 2.37. The van der Waals surface area contributed by atoms with E-state index in [1.54, 1.807) is 0 Å². The minimum absolute atomic E-state index is 1.01. The van der Waals surface area contributed by atoms with Gasteiger partial charge in [0.1, 0.15) is 0 Å². The maximum Gasteiger partial charge on any atom is 0.0606 e. The van der Waals surface area contributed by atoms with Gasteiger partial charge in [0.2, 0.25) is 0 Å². The van der Waals surface area contributed by atoms with Gasteiger partial charge in [-0.1, -0.05) is 17.7 Å². The van der Waals surface area contributed by atoms with E-state index >= 15 is 0 Å². The van der Waals surface area contributed by atoms with Crippen molar-refractivity contribution in [2.45, 2.75) is 26.2 Å². The van der Waals surface area contributed by atoms with Crippen LogP contribution in [0.15, 0.2) is 18.2 Å². The van der Waals surface area contributed by atoms with E-state index in [9.17, 15) is 0 Å². The Labute approximate surface area is 73.8 Å². The van der Waals surface area contributed by atoms with Crippen LogP contribution in [0.3, 0.4) is 0 Å². The second kappa shape index (κ2) is 3.18. The summed E-state index contributed by atoms with van der Waals surface area (Å²) in [5, 5.41) is 4.53. The van der Waals surface area contributed by atoms with E-state index in [0.717, 1.165) is 6.54 Å². The van der Waals surface area contributed by atoms with Crippen molar-refractivity contribution in [1.29, 1.82) is 0 Å². The van der Waals surface area contributed by atoms with E-state index in [2.05, 4.69) is 30.4 Å². The summed E-state index contributed by atoms with van der Waals surface area (Å²) in [7, 11) is 0. The number of hydrogen-bond acceptors (Lipinski definition) is 0. The van der Waals surface area contributed by atoms with Gasteiger partial charge < -0.3 is 0 Å². The summed E-state index contributed by atoms with van der Waals surface area (Å²) in [4.78, 5) is 0. The van der Waals surface area contributed by atoms with Gasteiger partial charge in [0.05, 0.1) is 5.69 Å². The van der Waals surface area contributed by atoms with Gasteiger partial charge in [-0.3, -0.25) is 5.32 Å². The van der Waals surface area contributed by atoms with E-state index in [4.69, 9.17) is 0 Å². The minimum Gasteiger partial charge on any atom is -0.285 e. The molecule has 0 N–H and O–H groups in total. The highest BCUT2D eigenvalue weighted by Gasteiger charge is 2.07. The molecule has 1 heteroatoms. The Kier molecular flexibility index (Phi) is 2.03. The number of benzene rings is 1. The lowest BCUT2D eigenvalue weighted by atomic mass is 10.1. The van der Waals surface area contributed by atoms with Gasteiger partial charge in [-0.05, 0) is 37.8 Å². The highest BCUT2D eigenvalue weighted by atomic mass is 14.9. The summed E-state index contributed by atoms with van der Waals surface area (Å²) < 4.78 is 0. The van der Waals surface area contributed by atoms with Crippen molar-refractivity contribution in [3.05, 3.63) is 29.3 Å². The van der Waals surface area contributed by atoms with E-state index in [1.165, 1.54) is 36.1 Å². The van der Waals surface area contributed by atoms with Crippen LogP contribution in [0.5, 0.6) is 0 Å². The molecule has 0 bridgehead atoms. The predicted octanol–water partition coefficient (Wildman–Crippen LogP) is 2.57. The molecule has 0 amide bonds. The van der Waals surface area contributed by atoms with Gasteiger partial charge in [-0.15, -0.1) is 0 Å². The van der Waals surface area contributed by atoms with Crippen molar-refractivity contribution < 1.29 is 0 Å². The van der Waals surface area contributed by atoms with Crippen molar-refractivity contribution in [2.75, 3.05) is 6.54 Å². The van der Waals surface area contributed by atoms with E-state index in [-0.39, 0.29) is 0 Å². The van der Waals surface area contributed by atoms with Crippen molar-refractivity contribution in [2.24, 2.45) is 0 Å².